The van der Waals surface area contributed by atoms with Crippen LogP contribution < -0.4 is 0 Å². The molecule has 3 atom stereocenters. The number of rotatable bonds is 0. The first kappa shape index (κ1) is 10.1. The van der Waals surface area contributed by atoms with Gasteiger partial charge in [0.25, 0.3) is 0 Å². The van der Waals surface area contributed by atoms with E-state index in [1.807, 2.05) is 6.92 Å². The Bertz CT molecular complexity index is 172. The van der Waals surface area contributed by atoms with Gasteiger partial charge in [-0.3, -0.25) is 4.79 Å². The number of hydrogen-bond acceptors (Lipinski definition) is 2. The molecule has 4 heteroatoms. The summed E-state index contributed by atoms with van der Waals surface area (Å²) in [5, 5.41) is -0.604. The summed E-state index contributed by atoms with van der Waals surface area (Å²) in [7, 11) is 0. The number of ether oxygens (including phenoxy) is 1. The lowest BCUT2D eigenvalue weighted by atomic mass is 9.98. The molecule has 1 fully saturated rings. The van der Waals surface area contributed by atoms with Gasteiger partial charge in [0, 0.05) is 5.38 Å². The molecule has 0 aromatic rings. The van der Waals surface area contributed by atoms with E-state index in [1.54, 1.807) is 0 Å². The Morgan fingerprint density at radius 2 is 2.17 bits per heavy atom. The molecule has 1 heterocycles. The minimum atomic E-state index is -0.590. The van der Waals surface area contributed by atoms with Crippen molar-refractivity contribution >= 4 is 29.2 Å². The van der Waals surface area contributed by atoms with Crippen LogP contribution in [0.2, 0.25) is 0 Å². The van der Waals surface area contributed by atoms with Crippen molar-refractivity contribution in [2.45, 2.75) is 30.5 Å². The number of halogens is 2. The van der Waals surface area contributed by atoms with Crippen LogP contribution in [0.4, 0.5) is 0 Å². The normalized spacial score (nSPS) is 38.2. The maximum atomic E-state index is 11.1. The predicted molar refractivity (Wildman–Crippen MR) is 48.6 cm³/mol. The quantitative estimate of drug-likeness (QED) is 0.453. The van der Waals surface area contributed by atoms with Crippen LogP contribution in [-0.2, 0) is 9.53 Å². The van der Waals surface area contributed by atoms with E-state index in [-0.39, 0.29) is 17.3 Å². The summed E-state index contributed by atoms with van der Waals surface area (Å²) >= 11 is 11.8. The largest absolute Gasteiger partial charge is 0.465 e. The highest BCUT2D eigenvalue weighted by atomic mass is 35.5. The van der Waals surface area contributed by atoms with Crippen LogP contribution in [0.1, 0.15) is 19.8 Å². The van der Waals surface area contributed by atoms with Gasteiger partial charge in [-0.25, -0.2) is 0 Å². The smallest absolute Gasteiger partial charge is 0.324 e. The monoisotopic (exact) mass is 210 g/mol. The van der Waals surface area contributed by atoms with Crippen molar-refractivity contribution < 1.29 is 9.53 Å². The molecule has 70 valence electrons. The van der Waals surface area contributed by atoms with Crippen LogP contribution >= 0.6 is 23.2 Å². The molecular formula is C8H12Cl2O2. The molecule has 0 saturated carbocycles. The molecule has 2 nitrogen and oxygen atoms in total. The summed E-state index contributed by atoms with van der Waals surface area (Å²) in [5.74, 6) is -0.351. The minimum absolute atomic E-state index is 0.0128. The lowest BCUT2D eigenvalue weighted by Gasteiger charge is -2.24. The number of esters is 1. The van der Waals surface area contributed by atoms with Gasteiger partial charge in [0.2, 0.25) is 0 Å². The molecular weight excluding hydrogens is 199 g/mol. The van der Waals surface area contributed by atoms with Crippen molar-refractivity contribution in [2.75, 3.05) is 6.61 Å². The van der Waals surface area contributed by atoms with Crippen molar-refractivity contribution in [1.82, 2.24) is 0 Å². The molecule has 0 bridgehead atoms. The van der Waals surface area contributed by atoms with Crippen LogP contribution in [0.25, 0.3) is 0 Å². The van der Waals surface area contributed by atoms with Crippen LogP contribution in [0, 0.1) is 5.92 Å². The van der Waals surface area contributed by atoms with Crippen LogP contribution in [0.15, 0.2) is 0 Å². The van der Waals surface area contributed by atoms with Crippen LogP contribution in [0.3, 0.4) is 0 Å². The average molecular weight is 211 g/mol. The second kappa shape index (κ2) is 4.33. The van der Waals surface area contributed by atoms with Gasteiger partial charge in [-0.15, -0.1) is 23.2 Å². The second-order valence-corrected chi connectivity index (χ2v) is 4.12. The molecule has 12 heavy (non-hydrogen) atoms. The summed E-state index contributed by atoms with van der Waals surface area (Å²) in [5.41, 5.74) is 0. The number of alkyl halides is 2. The van der Waals surface area contributed by atoms with E-state index >= 15 is 0 Å². The SMILES string of the molecule is C[C@H]1[C@H](Cl)CCCOC(=O)[C@@H]1Cl. The van der Waals surface area contributed by atoms with Crippen molar-refractivity contribution in [2.24, 2.45) is 5.92 Å². The summed E-state index contributed by atoms with van der Waals surface area (Å²) < 4.78 is 4.88. The maximum Gasteiger partial charge on any atom is 0.324 e. The van der Waals surface area contributed by atoms with Crippen LogP contribution in [0.5, 0.6) is 0 Å². The molecule has 0 unspecified atom stereocenters. The fourth-order valence-corrected chi connectivity index (χ4v) is 1.80. The Morgan fingerprint density at radius 1 is 1.50 bits per heavy atom. The fraction of sp³-hybridized carbons (Fsp3) is 0.875. The molecule has 1 saturated heterocycles. The number of carbonyl (C=O) groups excluding carboxylic acids is 1. The Labute approximate surface area is 82.2 Å². The van der Waals surface area contributed by atoms with E-state index < -0.39 is 5.38 Å². The third-order valence-electron chi connectivity index (χ3n) is 2.13. The van der Waals surface area contributed by atoms with E-state index in [0.29, 0.717) is 6.61 Å². The van der Waals surface area contributed by atoms with Crippen molar-refractivity contribution in [3.05, 3.63) is 0 Å². The second-order valence-electron chi connectivity index (χ2n) is 3.09. The zero-order chi connectivity index (χ0) is 9.14. The Balaban J connectivity index is 2.61. The molecule has 0 radical (unpaired) electrons. The number of carbonyl (C=O) groups is 1. The highest BCUT2D eigenvalue weighted by Gasteiger charge is 2.30. The summed E-state index contributed by atoms with van der Waals surface area (Å²) in [4.78, 5) is 11.1. The summed E-state index contributed by atoms with van der Waals surface area (Å²) in [6, 6.07) is 0. The van der Waals surface area contributed by atoms with Crippen LogP contribution in [-0.4, -0.2) is 23.3 Å². The molecule has 0 amide bonds. The predicted octanol–water partition coefficient (Wildman–Crippen LogP) is 2.17. The summed E-state index contributed by atoms with van der Waals surface area (Å²) in [6.45, 7) is 2.32. The van der Waals surface area contributed by atoms with E-state index in [0.717, 1.165) is 12.8 Å². The van der Waals surface area contributed by atoms with Crippen molar-refractivity contribution in [1.29, 1.82) is 0 Å². The highest BCUT2D eigenvalue weighted by molar-refractivity contribution is 6.31. The lowest BCUT2D eigenvalue weighted by molar-refractivity contribution is -0.145. The van der Waals surface area contributed by atoms with Crippen molar-refractivity contribution in [3.63, 3.8) is 0 Å². The molecule has 1 aliphatic rings. The third-order valence-corrected chi connectivity index (χ3v) is 3.32. The number of hydrogen-bond donors (Lipinski definition) is 0. The van der Waals surface area contributed by atoms with E-state index in [9.17, 15) is 4.79 Å². The molecule has 0 aliphatic carbocycles. The Kier molecular flexibility index (Phi) is 3.66. The van der Waals surface area contributed by atoms with Gasteiger partial charge in [-0.1, -0.05) is 6.92 Å². The fourth-order valence-electron chi connectivity index (χ4n) is 1.19. The van der Waals surface area contributed by atoms with E-state index in [1.165, 1.54) is 0 Å². The minimum Gasteiger partial charge on any atom is -0.465 e. The Morgan fingerprint density at radius 3 is 2.83 bits per heavy atom. The van der Waals surface area contributed by atoms with E-state index in [4.69, 9.17) is 27.9 Å². The first-order valence-corrected chi connectivity index (χ1v) is 4.95. The molecule has 1 rings (SSSR count). The van der Waals surface area contributed by atoms with Gasteiger partial charge in [0.15, 0.2) is 0 Å². The van der Waals surface area contributed by atoms with Gasteiger partial charge >= 0.3 is 5.97 Å². The zero-order valence-electron chi connectivity index (χ0n) is 6.93. The average Bonchev–Trinajstić information content (AvgIpc) is 2.07. The topological polar surface area (TPSA) is 26.3 Å². The molecule has 0 spiro atoms. The van der Waals surface area contributed by atoms with Gasteiger partial charge < -0.3 is 4.74 Å². The maximum absolute atomic E-state index is 11.1. The highest BCUT2D eigenvalue weighted by Crippen LogP contribution is 2.25. The third kappa shape index (κ3) is 2.27. The number of cyclic esters (lactones) is 1. The molecule has 0 N–H and O–H groups in total. The van der Waals surface area contributed by atoms with E-state index in [2.05, 4.69) is 0 Å². The molecule has 0 aromatic heterocycles. The van der Waals surface area contributed by atoms with Gasteiger partial charge in [0.05, 0.1) is 6.61 Å². The first-order valence-electron chi connectivity index (χ1n) is 4.07. The van der Waals surface area contributed by atoms with Crippen molar-refractivity contribution in [3.8, 4) is 0 Å². The van der Waals surface area contributed by atoms with Gasteiger partial charge in [0.1, 0.15) is 5.38 Å². The van der Waals surface area contributed by atoms with Gasteiger partial charge in [-0.05, 0) is 18.8 Å². The lowest BCUT2D eigenvalue weighted by Crippen LogP contribution is -2.33. The van der Waals surface area contributed by atoms with Gasteiger partial charge in [-0.2, -0.15) is 0 Å². The zero-order valence-corrected chi connectivity index (χ0v) is 8.44. The standard InChI is InChI=1S/C8H12Cl2O2/c1-5-6(9)3-2-4-12-8(11)7(5)10/h5-7H,2-4H2,1H3/t5-,6+,7+/m0/s1. The first-order chi connectivity index (χ1) is 5.63. The summed E-state index contributed by atoms with van der Waals surface area (Å²) in [6.07, 6.45) is 1.69. The molecule has 1 aliphatic heterocycles. The molecule has 0 aromatic carbocycles. The Hall–Kier alpha value is 0.0500.